The molecule has 0 aromatic heterocycles. The molecule has 0 aliphatic rings. The lowest BCUT2D eigenvalue weighted by Crippen LogP contribution is -2.54. The molecule has 166 valence electrons. The van der Waals surface area contributed by atoms with Crippen molar-refractivity contribution in [2.75, 3.05) is 21.3 Å². The highest BCUT2D eigenvalue weighted by Gasteiger charge is 2.39. The van der Waals surface area contributed by atoms with Gasteiger partial charge in [0.1, 0.15) is 19.6 Å². The SMILES string of the molecule is COc1cccc([Si](C)(C)c2cc(C(C)(C)C)c(O)c(C(C)(C)C)c2OC)c1OC. The van der Waals surface area contributed by atoms with E-state index in [9.17, 15) is 5.11 Å². The van der Waals surface area contributed by atoms with Gasteiger partial charge in [-0.05, 0) is 32.8 Å². The van der Waals surface area contributed by atoms with Crippen LogP contribution in [-0.2, 0) is 10.8 Å². The van der Waals surface area contributed by atoms with Crippen LogP contribution in [0.3, 0.4) is 0 Å². The van der Waals surface area contributed by atoms with Crippen LogP contribution in [0, 0.1) is 0 Å². The summed E-state index contributed by atoms with van der Waals surface area (Å²) in [5, 5.41) is 13.6. The predicted octanol–water partition coefficient (Wildman–Crippen LogP) is 4.84. The Morgan fingerprint density at radius 1 is 0.767 bits per heavy atom. The van der Waals surface area contributed by atoms with Crippen LogP contribution in [0.5, 0.6) is 23.0 Å². The Balaban J connectivity index is 3.00. The minimum absolute atomic E-state index is 0.214. The maximum absolute atomic E-state index is 11.3. The van der Waals surface area contributed by atoms with Gasteiger partial charge in [0.25, 0.3) is 0 Å². The normalized spacial score (nSPS) is 12.6. The first-order valence-electron chi connectivity index (χ1n) is 10.4. The lowest BCUT2D eigenvalue weighted by atomic mass is 9.79. The first-order chi connectivity index (χ1) is 13.7. The Bertz CT molecular complexity index is 918. The smallest absolute Gasteiger partial charge is 0.160 e. The highest BCUT2D eigenvalue weighted by atomic mass is 28.3. The van der Waals surface area contributed by atoms with E-state index >= 15 is 0 Å². The predicted molar refractivity (Wildman–Crippen MR) is 128 cm³/mol. The number of aromatic hydroxyl groups is 1. The van der Waals surface area contributed by atoms with Crippen molar-refractivity contribution in [3.8, 4) is 23.0 Å². The molecule has 2 aromatic rings. The lowest BCUT2D eigenvalue weighted by Gasteiger charge is -2.35. The maximum Gasteiger partial charge on any atom is 0.160 e. The van der Waals surface area contributed by atoms with Gasteiger partial charge in [0.2, 0.25) is 0 Å². The van der Waals surface area contributed by atoms with Crippen LogP contribution in [0.2, 0.25) is 13.1 Å². The number of ether oxygens (including phenoxy) is 3. The number of hydrogen-bond acceptors (Lipinski definition) is 4. The van der Waals surface area contributed by atoms with Crippen molar-refractivity contribution in [3.05, 3.63) is 35.4 Å². The second kappa shape index (κ2) is 8.18. The van der Waals surface area contributed by atoms with Crippen LogP contribution in [-0.4, -0.2) is 34.5 Å². The average molecular weight is 431 g/mol. The fourth-order valence-corrected chi connectivity index (χ4v) is 7.02. The number of hydrogen-bond donors (Lipinski definition) is 1. The van der Waals surface area contributed by atoms with Crippen LogP contribution in [0.1, 0.15) is 52.7 Å². The van der Waals surface area contributed by atoms with Crippen molar-refractivity contribution < 1.29 is 19.3 Å². The van der Waals surface area contributed by atoms with Gasteiger partial charge in [0.05, 0.1) is 21.3 Å². The summed E-state index contributed by atoms with van der Waals surface area (Å²) in [7, 11) is 2.71. The Morgan fingerprint density at radius 3 is 1.77 bits per heavy atom. The number of rotatable bonds is 5. The molecule has 0 fully saturated rings. The number of para-hydroxylation sites is 1. The molecule has 0 saturated heterocycles. The molecule has 0 unspecified atom stereocenters. The highest BCUT2D eigenvalue weighted by molar-refractivity contribution is 7.01. The van der Waals surface area contributed by atoms with Gasteiger partial charge in [-0.15, -0.1) is 0 Å². The summed E-state index contributed by atoms with van der Waals surface area (Å²) in [4.78, 5) is 0. The van der Waals surface area contributed by atoms with Gasteiger partial charge in [-0.3, -0.25) is 0 Å². The molecule has 0 heterocycles. The van der Waals surface area contributed by atoms with Gasteiger partial charge >= 0.3 is 0 Å². The fourth-order valence-electron chi connectivity index (χ4n) is 4.12. The molecular weight excluding hydrogens is 392 g/mol. The molecule has 4 nitrogen and oxygen atoms in total. The van der Waals surface area contributed by atoms with Crippen molar-refractivity contribution in [3.63, 3.8) is 0 Å². The third-order valence-electron chi connectivity index (χ3n) is 5.76. The molecule has 0 radical (unpaired) electrons. The monoisotopic (exact) mass is 430 g/mol. The van der Waals surface area contributed by atoms with E-state index in [1.165, 1.54) is 0 Å². The molecule has 5 heteroatoms. The van der Waals surface area contributed by atoms with Crippen molar-refractivity contribution in [2.24, 2.45) is 0 Å². The van der Waals surface area contributed by atoms with E-state index in [4.69, 9.17) is 14.2 Å². The molecule has 0 bridgehead atoms. The summed E-state index contributed by atoms with van der Waals surface area (Å²) < 4.78 is 17.3. The maximum atomic E-state index is 11.3. The lowest BCUT2D eigenvalue weighted by molar-refractivity contribution is 0.357. The quantitative estimate of drug-likeness (QED) is 0.690. The zero-order chi connectivity index (χ0) is 23.1. The summed E-state index contributed by atoms with van der Waals surface area (Å²) in [6.45, 7) is 17.3. The zero-order valence-corrected chi connectivity index (χ0v) is 21.5. The molecule has 0 aliphatic carbocycles. The van der Waals surface area contributed by atoms with Crippen molar-refractivity contribution in [2.45, 2.75) is 65.5 Å². The molecule has 0 saturated carbocycles. The molecule has 0 aliphatic heterocycles. The second-order valence-electron chi connectivity index (χ2n) is 10.4. The largest absolute Gasteiger partial charge is 0.507 e. The van der Waals surface area contributed by atoms with Crippen LogP contribution in [0.25, 0.3) is 0 Å². The first-order valence-corrected chi connectivity index (χ1v) is 13.4. The van der Waals surface area contributed by atoms with E-state index in [-0.39, 0.29) is 10.8 Å². The highest BCUT2D eigenvalue weighted by Crippen LogP contribution is 2.44. The number of methoxy groups -OCH3 is 3. The average Bonchev–Trinajstić information content (AvgIpc) is 2.64. The number of benzene rings is 2. The van der Waals surface area contributed by atoms with Gasteiger partial charge < -0.3 is 19.3 Å². The summed E-state index contributed by atoms with van der Waals surface area (Å²) in [6, 6.07) is 8.19. The molecule has 0 atom stereocenters. The third-order valence-corrected chi connectivity index (χ3v) is 9.22. The van der Waals surface area contributed by atoms with E-state index in [1.807, 2.05) is 12.1 Å². The summed E-state index contributed by atoms with van der Waals surface area (Å²) in [5.41, 5.74) is 1.29. The summed E-state index contributed by atoms with van der Waals surface area (Å²) in [6.07, 6.45) is 0. The van der Waals surface area contributed by atoms with E-state index in [1.54, 1.807) is 21.3 Å². The van der Waals surface area contributed by atoms with Crippen LogP contribution < -0.4 is 24.6 Å². The fraction of sp³-hybridized carbons (Fsp3) is 0.520. The third kappa shape index (κ3) is 4.18. The molecule has 0 spiro atoms. The molecule has 2 aromatic carbocycles. The Hall–Kier alpha value is -2.14. The van der Waals surface area contributed by atoms with Gasteiger partial charge in [0.15, 0.2) is 11.5 Å². The van der Waals surface area contributed by atoms with Crippen molar-refractivity contribution in [1.82, 2.24) is 0 Å². The topological polar surface area (TPSA) is 47.9 Å². The zero-order valence-electron chi connectivity index (χ0n) is 20.5. The van der Waals surface area contributed by atoms with Gasteiger partial charge in [0, 0.05) is 5.56 Å². The van der Waals surface area contributed by atoms with E-state index in [2.05, 4.69) is 66.8 Å². The molecule has 1 N–H and O–H groups in total. The first kappa shape index (κ1) is 24.1. The minimum Gasteiger partial charge on any atom is -0.507 e. The van der Waals surface area contributed by atoms with Gasteiger partial charge in [-0.25, -0.2) is 0 Å². The van der Waals surface area contributed by atoms with Crippen LogP contribution in [0.15, 0.2) is 24.3 Å². The standard InChI is InChI=1S/C25H38O4Si/c1-24(2,3)16-15-19(23(29-9)20(21(16)26)25(4,5)6)30(10,11)18-14-12-13-17(27-7)22(18)28-8/h12-15,26H,1-11H3. The minimum atomic E-state index is -2.32. The Kier molecular flexibility index (Phi) is 6.58. The molecule has 2 rings (SSSR count). The van der Waals surface area contributed by atoms with Crippen LogP contribution >= 0.6 is 0 Å². The summed E-state index contributed by atoms with van der Waals surface area (Å²) in [5.74, 6) is 2.59. The van der Waals surface area contributed by atoms with E-state index < -0.39 is 8.07 Å². The van der Waals surface area contributed by atoms with Gasteiger partial charge in [-0.1, -0.05) is 72.8 Å². The van der Waals surface area contributed by atoms with E-state index in [0.717, 1.165) is 38.7 Å². The van der Waals surface area contributed by atoms with Crippen molar-refractivity contribution in [1.29, 1.82) is 0 Å². The van der Waals surface area contributed by atoms with Gasteiger partial charge in [-0.2, -0.15) is 0 Å². The van der Waals surface area contributed by atoms with Crippen molar-refractivity contribution >= 4 is 18.4 Å². The Labute approximate surface area is 183 Å². The number of phenolic OH excluding ortho intramolecular Hbond substituents is 1. The molecule has 0 amide bonds. The Morgan fingerprint density at radius 2 is 1.33 bits per heavy atom. The van der Waals surface area contributed by atoms with Crippen LogP contribution in [0.4, 0.5) is 0 Å². The van der Waals surface area contributed by atoms with E-state index in [0.29, 0.717) is 5.75 Å². The molecular formula is C25H38O4Si. The molecule has 30 heavy (non-hydrogen) atoms. The second-order valence-corrected chi connectivity index (χ2v) is 14.7. The summed E-state index contributed by atoms with van der Waals surface area (Å²) >= 11 is 0. The number of phenols is 1.